The van der Waals surface area contributed by atoms with Gasteiger partial charge in [-0.05, 0) is 29.3 Å². The molecular weight excluding hydrogens is 372 g/mol. The number of aryl methyl sites for hydroxylation is 1. The van der Waals surface area contributed by atoms with Gasteiger partial charge in [0.05, 0.1) is 12.6 Å². The Bertz CT molecular complexity index is 1030. The SMILES string of the molecule is COc1ccc2c(c1)c(OCCN(Cc1ccccc1)Cc1ccccc1)cn2C. The summed E-state index contributed by atoms with van der Waals surface area (Å²) in [5.74, 6) is 1.74. The fourth-order valence-electron chi connectivity index (χ4n) is 3.76. The Balaban J connectivity index is 1.46. The zero-order valence-corrected chi connectivity index (χ0v) is 17.6. The Labute approximate surface area is 178 Å². The Hall–Kier alpha value is -3.24. The number of fused-ring (bicyclic) bond motifs is 1. The molecule has 154 valence electrons. The van der Waals surface area contributed by atoms with E-state index in [9.17, 15) is 0 Å². The van der Waals surface area contributed by atoms with Crippen LogP contribution in [0.1, 0.15) is 11.1 Å². The number of nitrogens with zero attached hydrogens (tertiary/aromatic N) is 2. The van der Waals surface area contributed by atoms with Crippen molar-refractivity contribution < 1.29 is 9.47 Å². The molecule has 0 radical (unpaired) electrons. The number of aromatic nitrogens is 1. The van der Waals surface area contributed by atoms with Crippen LogP contribution in [-0.2, 0) is 20.1 Å². The number of hydrogen-bond donors (Lipinski definition) is 0. The summed E-state index contributed by atoms with van der Waals surface area (Å²) in [6.45, 7) is 3.24. The normalized spacial score (nSPS) is 11.2. The Morgan fingerprint density at radius 1 is 0.833 bits per heavy atom. The van der Waals surface area contributed by atoms with Crippen LogP contribution in [0.25, 0.3) is 10.9 Å². The molecular formula is C26H28N2O2. The predicted molar refractivity (Wildman–Crippen MR) is 122 cm³/mol. The molecule has 0 bridgehead atoms. The van der Waals surface area contributed by atoms with Crippen LogP contribution in [0.5, 0.6) is 11.5 Å². The van der Waals surface area contributed by atoms with E-state index in [4.69, 9.17) is 9.47 Å². The summed E-state index contributed by atoms with van der Waals surface area (Å²) in [5.41, 5.74) is 3.75. The number of hydrogen-bond acceptors (Lipinski definition) is 3. The summed E-state index contributed by atoms with van der Waals surface area (Å²) < 4.78 is 13.7. The standard InChI is InChI=1S/C26H28N2O2/c1-27-20-26(24-17-23(29-2)13-14-25(24)27)30-16-15-28(18-21-9-5-3-6-10-21)19-22-11-7-4-8-12-22/h3-14,17,20H,15-16,18-19H2,1-2H3. The lowest BCUT2D eigenvalue weighted by Gasteiger charge is -2.22. The van der Waals surface area contributed by atoms with Crippen molar-refractivity contribution in [3.63, 3.8) is 0 Å². The highest BCUT2D eigenvalue weighted by atomic mass is 16.5. The first-order valence-electron chi connectivity index (χ1n) is 10.3. The minimum absolute atomic E-state index is 0.621. The largest absolute Gasteiger partial charge is 0.497 e. The van der Waals surface area contributed by atoms with Crippen LogP contribution in [0.15, 0.2) is 85.1 Å². The molecule has 0 aliphatic heterocycles. The van der Waals surface area contributed by atoms with E-state index < -0.39 is 0 Å². The van der Waals surface area contributed by atoms with Gasteiger partial charge in [-0.25, -0.2) is 0 Å². The molecule has 1 aromatic heterocycles. The third-order valence-corrected chi connectivity index (χ3v) is 5.32. The fourth-order valence-corrected chi connectivity index (χ4v) is 3.76. The lowest BCUT2D eigenvalue weighted by Crippen LogP contribution is -2.27. The molecule has 1 heterocycles. The van der Waals surface area contributed by atoms with Crippen molar-refractivity contribution in [3.05, 3.63) is 96.2 Å². The van der Waals surface area contributed by atoms with E-state index in [1.807, 2.05) is 25.4 Å². The van der Waals surface area contributed by atoms with E-state index in [1.165, 1.54) is 11.1 Å². The summed E-state index contributed by atoms with van der Waals surface area (Å²) in [4.78, 5) is 2.43. The van der Waals surface area contributed by atoms with Gasteiger partial charge in [0.25, 0.3) is 0 Å². The first-order chi connectivity index (χ1) is 14.7. The molecule has 0 saturated carbocycles. The van der Waals surface area contributed by atoms with E-state index in [1.54, 1.807) is 7.11 Å². The minimum atomic E-state index is 0.621. The summed E-state index contributed by atoms with van der Waals surface area (Å²) >= 11 is 0. The smallest absolute Gasteiger partial charge is 0.144 e. The maximum absolute atomic E-state index is 6.23. The van der Waals surface area contributed by atoms with E-state index in [-0.39, 0.29) is 0 Å². The van der Waals surface area contributed by atoms with Crippen molar-refractivity contribution in [1.29, 1.82) is 0 Å². The van der Waals surface area contributed by atoms with Crippen molar-refractivity contribution in [2.24, 2.45) is 7.05 Å². The fraction of sp³-hybridized carbons (Fsp3) is 0.231. The second-order valence-electron chi connectivity index (χ2n) is 7.52. The molecule has 4 rings (SSSR count). The molecule has 0 aliphatic carbocycles. The summed E-state index contributed by atoms with van der Waals surface area (Å²) in [7, 11) is 3.73. The molecule has 4 aromatic rings. The van der Waals surface area contributed by atoms with Crippen molar-refractivity contribution in [3.8, 4) is 11.5 Å². The van der Waals surface area contributed by atoms with Crippen LogP contribution < -0.4 is 9.47 Å². The summed E-state index contributed by atoms with van der Waals surface area (Å²) in [5, 5.41) is 1.08. The lowest BCUT2D eigenvalue weighted by atomic mass is 10.1. The number of ether oxygens (including phenoxy) is 2. The van der Waals surface area contributed by atoms with Gasteiger partial charge in [-0.2, -0.15) is 0 Å². The molecule has 30 heavy (non-hydrogen) atoms. The Morgan fingerprint density at radius 3 is 2.07 bits per heavy atom. The van der Waals surface area contributed by atoms with Gasteiger partial charge in [0.15, 0.2) is 0 Å². The van der Waals surface area contributed by atoms with Crippen LogP contribution in [0.2, 0.25) is 0 Å². The van der Waals surface area contributed by atoms with Gasteiger partial charge in [0.1, 0.15) is 18.1 Å². The van der Waals surface area contributed by atoms with Gasteiger partial charge >= 0.3 is 0 Å². The number of benzene rings is 3. The maximum Gasteiger partial charge on any atom is 0.144 e. The molecule has 0 amide bonds. The molecule has 4 heteroatoms. The van der Waals surface area contributed by atoms with Crippen LogP contribution in [-0.4, -0.2) is 29.7 Å². The molecule has 0 saturated heterocycles. The third-order valence-electron chi connectivity index (χ3n) is 5.32. The quantitative estimate of drug-likeness (QED) is 0.383. The summed E-state index contributed by atoms with van der Waals surface area (Å²) in [6, 6.07) is 27.3. The van der Waals surface area contributed by atoms with Gasteiger partial charge in [-0.3, -0.25) is 4.90 Å². The predicted octanol–water partition coefficient (Wildman–Crippen LogP) is 5.27. The summed E-state index contributed by atoms with van der Waals surface area (Å²) in [6.07, 6.45) is 2.04. The molecule has 0 aliphatic rings. The van der Waals surface area contributed by atoms with Crippen molar-refractivity contribution in [1.82, 2.24) is 9.47 Å². The topological polar surface area (TPSA) is 26.6 Å². The second-order valence-corrected chi connectivity index (χ2v) is 7.52. The van der Waals surface area contributed by atoms with Gasteiger partial charge in [0, 0.05) is 38.3 Å². The molecule has 4 nitrogen and oxygen atoms in total. The van der Waals surface area contributed by atoms with E-state index >= 15 is 0 Å². The number of rotatable bonds is 9. The Kier molecular flexibility index (Phi) is 6.35. The van der Waals surface area contributed by atoms with Gasteiger partial charge in [0.2, 0.25) is 0 Å². The zero-order valence-electron chi connectivity index (χ0n) is 17.6. The van der Waals surface area contributed by atoms with E-state index in [2.05, 4.69) is 76.2 Å². The van der Waals surface area contributed by atoms with Gasteiger partial charge < -0.3 is 14.0 Å². The van der Waals surface area contributed by atoms with Crippen molar-refractivity contribution in [2.75, 3.05) is 20.3 Å². The first-order valence-corrected chi connectivity index (χ1v) is 10.3. The molecule has 0 fully saturated rings. The van der Waals surface area contributed by atoms with Gasteiger partial charge in [-0.15, -0.1) is 0 Å². The molecule has 0 unspecified atom stereocenters. The number of methoxy groups -OCH3 is 1. The van der Waals surface area contributed by atoms with Gasteiger partial charge in [-0.1, -0.05) is 60.7 Å². The zero-order chi connectivity index (χ0) is 20.8. The molecule has 0 spiro atoms. The van der Waals surface area contributed by atoms with Crippen LogP contribution >= 0.6 is 0 Å². The van der Waals surface area contributed by atoms with E-state index in [0.29, 0.717) is 6.61 Å². The molecule has 3 aromatic carbocycles. The minimum Gasteiger partial charge on any atom is -0.497 e. The molecule has 0 N–H and O–H groups in total. The van der Waals surface area contributed by atoms with Crippen LogP contribution in [0.3, 0.4) is 0 Å². The average Bonchev–Trinajstić information content (AvgIpc) is 3.10. The Morgan fingerprint density at radius 2 is 1.47 bits per heavy atom. The third kappa shape index (κ3) is 4.84. The van der Waals surface area contributed by atoms with Crippen LogP contribution in [0.4, 0.5) is 0 Å². The highest BCUT2D eigenvalue weighted by Gasteiger charge is 2.11. The monoisotopic (exact) mass is 400 g/mol. The van der Waals surface area contributed by atoms with Crippen molar-refractivity contribution in [2.45, 2.75) is 13.1 Å². The molecule has 0 atom stereocenters. The van der Waals surface area contributed by atoms with Crippen molar-refractivity contribution >= 4 is 10.9 Å². The first kappa shape index (κ1) is 20.0. The highest BCUT2D eigenvalue weighted by molar-refractivity contribution is 5.88. The lowest BCUT2D eigenvalue weighted by molar-refractivity contribution is 0.197. The average molecular weight is 401 g/mol. The highest BCUT2D eigenvalue weighted by Crippen LogP contribution is 2.30. The maximum atomic E-state index is 6.23. The second kappa shape index (κ2) is 9.51. The van der Waals surface area contributed by atoms with E-state index in [0.717, 1.165) is 42.0 Å². The van der Waals surface area contributed by atoms with Crippen LogP contribution in [0, 0.1) is 0 Å².